The Labute approximate surface area is 65.2 Å². The average Bonchev–Trinajstić information content (AvgIpc) is 2.69. The lowest BCUT2D eigenvalue weighted by molar-refractivity contribution is 1.36. The zero-order chi connectivity index (χ0) is 6.97. The maximum Gasteiger partial charge on any atom is 0.122 e. The third kappa shape index (κ3) is 0.971. The minimum Gasteiger partial charge on any atom is -0.350 e. The molecule has 1 aromatic carbocycles. The Morgan fingerprint density at radius 3 is 2.40 bits per heavy atom. The summed E-state index contributed by atoms with van der Waals surface area (Å²) in [6, 6.07) is 10.2. The quantitative estimate of drug-likeness (QED) is 0.339. The molecule has 0 N–H and O–H groups in total. The maximum atomic E-state index is 5.81. The third-order valence-corrected chi connectivity index (χ3v) is 2.01. The summed E-state index contributed by atoms with van der Waals surface area (Å²) in [6.07, 6.45) is 0. The van der Waals surface area contributed by atoms with Gasteiger partial charge in [0.2, 0.25) is 0 Å². The van der Waals surface area contributed by atoms with Gasteiger partial charge >= 0.3 is 0 Å². The molecule has 1 unspecified atom stereocenters. The fourth-order valence-electron chi connectivity index (χ4n) is 1.00. The lowest BCUT2D eigenvalue weighted by Crippen LogP contribution is -1.91. The Morgan fingerprint density at radius 2 is 1.90 bits per heavy atom. The van der Waals surface area contributed by atoms with Crippen LogP contribution in [0.1, 0.15) is 0 Å². The number of alkyl halides is 1. The molecule has 0 bridgehead atoms. The zero-order valence-electron chi connectivity index (χ0n) is 5.50. The number of hydrogen-bond acceptors (Lipinski definition) is 1. The molecule has 0 aliphatic carbocycles. The van der Waals surface area contributed by atoms with E-state index in [1.807, 2.05) is 18.2 Å². The molecule has 0 aromatic heterocycles. The van der Waals surface area contributed by atoms with Crippen LogP contribution in [0.4, 0.5) is 5.69 Å². The Kier molecular flexibility index (Phi) is 1.31. The van der Waals surface area contributed by atoms with Crippen LogP contribution in [0.3, 0.4) is 0 Å². The molecule has 0 amide bonds. The van der Waals surface area contributed by atoms with Crippen LogP contribution in [-0.4, -0.2) is 12.0 Å². The number of nitrogens with zero attached hydrogens (tertiary/aromatic N) is 1. The third-order valence-electron chi connectivity index (χ3n) is 1.64. The Hall–Kier alpha value is -0.690. The number of hydrogen-bond donors (Lipinski definition) is 0. The molecule has 2 heteroatoms. The van der Waals surface area contributed by atoms with Gasteiger partial charge < -0.3 is 4.90 Å². The molecule has 1 saturated heterocycles. The monoisotopic (exact) mass is 153 g/mol. The first-order valence-corrected chi connectivity index (χ1v) is 3.77. The summed E-state index contributed by atoms with van der Waals surface area (Å²) in [4.78, 5) is 2.14. The maximum absolute atomic E-state index is 5.81. The van der Waals surface area contributed by atoms with Gasteiger partial charge in [-0.3, -0.25) is 0 Å². The fraction of sp³-hybridized carbons (Fsp3) is 0.250. The van der Waals surface area contributed by atoms with Gasteiger partial charge in [0.05, 0.1) is 6.54 Å². The molecule has 1 nitrogen and oxygen atoms in total. The van der Waals surface area contributed by atoms with Crippen LogP contribution in [0, 0.1) is 0 Å². The van der Waals surface area contributed by atoms with E-state index in [4.69, 9.17) is 11.6 Å². The summed E-state index contributed by atoms with van der Waals surface area (Å²) < 4.78 is 0. The largest absolute Gasteiger partial charge is 0.350 e. The Balaban J connectivity index is 2.20. The highest BCUT2D eigenvalue weighted by molar-refractivity contribution is 6.24. The number of para-hydroxylation sites is 1. The van der Waals surface area contributed by atoms with Crippen LogP contribution in [0.25, 0.3) is 0 Å². The number of anilines is 1. The summed E-state index contributed by atoms with van der Waals surface area (Å²) in [5.41, 5.74) is 1.46. The first-order valence-electron chi connectivity index (χ1n) is 3.34. The molecule has 2 rings (SSSR count). The molecule has 52 valence electrons. The van der Waals surface area contributed by atoms with Gasteiger partial charge in [0.1, 0.15) is 5.50 Å². The van der Waals surface area contributed by atoms with Crippen molar-refractivity contribution < 1.29 is 0 Å². The molecule has 0 spiro atoms. The van der Waals surface area contributed by atoms with Gasteiger partial charge in [-0.05, 0) is 12.1 Å². The molecule has 1 aliphatic rings. The van der Waals surface area contributed by atoms with E-state index in [9.17, 15) is 0 Å². The molecule has 1 fully saturated rings. The predicted octanol–water partition coefficient (Wildman–Crippen LogP) is 2.07. The molecule has 1 heterocycles. The summed E-state index contributed by atoms with van der Waals surface area (Å²) in [7, 11) is 0. The average molecular weight is 154 g/mol. The molecular formula is C8H8ClN. The summed E-state index contributed by atoms with van der Waals surface area (Å²) >= 11 is 5.81. The second kappa shape index (κ2) is 2.17. The Morgan fingerprint density at radius 1 is 1.30 bits per heavy atom. The molecule has 1 atom stereocenters. The first kappa shape index (κ1) is 6.05. The predicted molar refractivity (Wildman–Crippen MR) is 43.4 cm³/mol. The van der Waals surface area contributed by atoms with Crippen LogP contribution in [0.2, 0.25) is 0 Å². The van der Waals surface area contributed by atoms with Crippen LogP contribution >= 0.6 is 11.6 Å². The van der Waals surface area contributed by atoms with E-state index < -0.39 is 0 Å². The van der Waals surface area contributed by atoms with Crippen molar-refractivity contribution in [3.8, 4) is 0 Å². The van der Waals surface area contributed by atoms with Crippen molar-refractivity contribution in [2.24, 2.45) is 0 Å². The molecular weight excluding hydrogens is 146 g/mol. The summed E-state index contributed by atoms with van der Waals surface area (Å²) in [6.45, 7) is 0.992. The highest BCUT2D eigenvalue weighted by Crippen LogP contribution is 2.29. The van der Waals surface area contributed by atoms with Crippen molar-refractivity contribution in [3.63, 3.8) is 0 Å². The van der Waals surface area contributed by atoms with Crippen molar-refractivity contribution >= 4 is 17.3 Å². The van der Waals surface area contributed by atoms with Crippen molar-refractivity contribution in [3.05, 3.63) is 30.3 Å². The standard InChI is InChI=1S/C8H8ClN/c9-8-6-10(8)7-4-2-1-3-5-7/h1-5,8H,6H2. The second-order valence-electron chi connectivity index (χ2n) is 2.42. The van der Waals surface area contributed by atoms with Crippen molar-refractivity contribution in [2.75, 3.05) is 11.4 Å². The van der Waals surface area contributed by atoms with Crippen molar-refractivity contribution in [1.29, 1.82) is 0 Å². The van der Waals surface area contributed by atoms with Crippen LogP contribution in [-0.2, 0) is 0 Å². The minimum absolute atomic E-state index is 0.238. The van der Waals surface area contributed by atoms with E-state index in [-0.39, 0.29) is 5.50 Å². The van der Waals surface area contributed by atoms with Crippen molar-refractivity contribution in [2.45, 2.75) is 5.50 Å². The summed E-state index contributed by atoms with van der Waals surface area (Å²) in [5, 5.41) is 0. The van der Waals surface area contributed by atoms with Gasteiger partial charge in [-0.15, -0.1) is 0 Å². The van der Waals surface area contributed by atoms with Gasteiger partial charge in [-0.1, -0.05) is 29.8 Å². The van der Waals surface area contributed by atoms with E-state index in [1.54, 1.807) is 0 Å². The highest BCUT2D eigenvalue weighted by Gasteiger charge is 2.31. The topological polar surface area (TPSA) is 3.01 Å². The summed E-state index contributed by atoms with van der Waals surface area (Å²) in [5.74, 6) is 0. The van der Waals surface area contributed by atoms with Crippen LogP contribution < -0.4 is 4.90 Å². The van der Waals surface area contributed by atoms with Gasteiger partial charge in [-0.25, -0.2) is 0 Å². The van der Waals surface area contributed by atoms with Crippen molar-refractivity contribution in [1.82, 2.24) is 0 Å². The zero-order valence-corrected chi connectivity index (χ0v) is 6.25. The van der Waals surface area contributed by atoms with Gasteiger partial charge in [0, 0.05) is 5.69 Å². The SMILES string of the molecule is ClC1CN1c1ccccc1. The van der Waals surface area contributed by atoms with E-state index in [0.29, 0.717) is 0 Å². The normalized spacial score (nSPS) is 22.9. The van der Waals surface area contributed by atoms with E-state index in [1.165, 1.54) is 5.69 Å². The minimum atomic E-state index is 0.238. The number of halogens is 1. The number of rotatable bonds is 1. The van der Waals surface area contributed by atoms with E-state index in [2.05, 4.69) is 17.0 Å². The lowest BCUT2D eigenvalue weighted by Gasteiger charge is -1.99. The lowest BCUT2D eigenvalue weighted by atomic mass is 10.3. The smallest absolute Gasteiger partial charge is 0.122 e. The molecule has 1 aliphatic heterocycles. The second-order valence-corrected chi connectivity index (χ2v) is 2.93. The van der Waals surface area contributed by atoms with Gasteiger partial charge in [0.25, 0.3) is 0 Å². The highest BCUT2D eigenvalue weighted by atomic mass is 35.5. The molecule has 10 heavy (non-hydrogen) atoms. The number of benzene rings is 1. The Bertz CT molecular complexity index is 222. The van der Waals surface area contributed by atoms with Crippen LogP contribution in [0.15, 0.2) is 30.3 Å². The molecule has 0 radical (unpaired) electrons. The fourth-order valence-corrected chi connectivity index (χ4v) is 1.26. The van der Waals surface area contributed by atoms with Gasteiger partial charge in [-0.2, -0.15) is 0 Å². The molecule has 1 aromatic rings. The van der Waals surface area contributed by atoms with E-state index in [0.717, 1.165) is 6.54 Å². The first-order chi connectivity index (χ1) is 4.88. The van der Waals surface area contributed by atoms with E-state index >= 15 is 0 Å². The molecule has 0 saturated carbocycles. The van der Waals surface area contributed by atoms with Crippen LogP contribution in [0.5, 0.6) is 0 Å². The van der Waals surface area contributed by atoms with Gasteiger partial charge in [0.15, 0.2) is 0 Å².